The van der Waals surface area contributed by atoms with Crippen LogP contribution in [-0.4, -0.2) is 56.6 Å². The van der Waals surface area contributed by atoms with Gasteiger partial charge < -0.3 is 0 Å². The summed E-state index contributed by atoms with van der Waals surface area (Å²) in [4.78, 5) is 0. The number of sulfone groups is 3. The zero-order chi connectivity index (χ0) is 13.4. The first kappa shape index (κ1) is 16.1. The van der Waals surface area contributed by atoms with Gasteiger partial charge in [0.05, 0.1) is 9.52 Å². The van der Waals surface area contributed by atoms with Gasteiger partial charge in [-0.05, 0) is 0 Å². The largest absolute Gasteiger partial charge is 0.250 e. The molecule has 0 radical (unpaired) electrons. The minimum absolute atomic E-state index is 0.271. The van der Waals surface area contributed by atoms with E-state index in [9.17, 15) is 25.3 Å². The van der Waals surface area contributed by atoms with Crippen LogP contribution in [0, 0.1) is 0 Å². The van der Waals surface area contributed by atoms with Crippen LogP contribution in [0.5, 0.6) is 0 Å². The quantitative estimate of drug-likeness (QED) is 0.563. The first-order valence-corrected chi connectivity index (χ1v) is 11.8. The molecule has 0 bridgehead atoms. The van der Waals surface area contributed by atoms with Gasteiger partial charge in [-0.3, -0.25) is 0 Å². The molecular formula is C6H16O6S3Si. The van der Waals surface area contributed by atoms with Gasteiger partial charge in [0, 0.05) is 18.8 Å². The Morgan fingerprint density at radius 2 is 1.06 bits per heavy atom. The Kier molecular flexibility index (Phi) is 4.41. The summed E-state index contributed by atoms with van der Waals surface area (Å²) in [6.45, 7) is 1.59. The minimum atomic E-state index is -4.22. The van der Waals surface area contributed by atoms with Gasteiger partial charge in [-0.2, -0.15) is 0 Å². The molecule has 0 fully saturated rings. The zero-order valence-electron chi connectivity index (χ0n) is 9.59. The van der Waals surface area contributed by atoms with E-state index in [4.69, 9.17) is 0 Å². The van der Waals surface area contributed by atoms with E-state index in [1.54, 1.807) is 6.92 Å². The monoisotopic (exact) mass is 308 g/mol. The average molecular weight is 308 g/mol. The van der Waals surface area contributed by atoms with Gasteiger partial charge in [-0.1, -0.05) is 13.0 Å². The van der Waals surface area contributed by atoms with Gasteiger partial charge in [0.2, 0.25) is 3.03 Å². The lowest BCUT2D eigenvalue weighted by atomic mass is 11.0. The fourth-order valence-electron chi connectivity index (χ4n) is 1.69. The van der Waals surface area contributed by atoms with Crippen molar-refractivity contribution < 1.29 is 25.3 Å². The van der Waals surface area contributed by atoms with Crippen LogP contribution >= 0.6 is 0 Å². The molecule has 0 unspecified atom stereocenters. The lowest BCUT2D eigenvalue weighted by molar-refractivity contribution is 0.574. The second-order valence-corrected chi connectivity index (χ2v) is 15.3. The molecule has 0 aliphatic rings. The molecule has 98 valence electrons. The smallest absolute Gasteiger partial charge is 0.227 e. The van der Waals surface area contributed by atoms with Crippen molar-refractivity contribution in [3.63, 3.8) is 0 Å². The molecule has 0 aliphatic heterocycles. The van der Waals surface area contributed by atoms with Crippen molar-refractivity contribution in [3.8, 4) is 0 Å². The van der Waals surface area contributed by atoms with Crippen LogP contribution in [0.2, 0.25) is 6.04 Å². The van der Waals surface area contributed by atoms with E-state index in [1.165, 1.54) is 0 Å². The molecule has 0 aliphatic carbocycles. The molecule has 0 aromatic carbocycles. The number of rotatable bonds is 5. The molecule has 10 heteroatoms. The SMILES string of the molecule is CC[SiH2]C(S(C)(=O)=O)(S(C)(=O)=O)S(C)(=O)=O. The van der Waals surface area contributed by atoms with E-state index in [0.717, 1.165) is 0 Å². The minimum Gasteiger partial charge on any atom is -0.227 e. The molecule has 0 N–H and O–H groups in total. The van der Waals surface area contributed by atoms with E-state index >= 15 is 0 Å². The molecule has 0 saturated heterocycles. The maximum Gasteiger partial charge on any atom is 0.250 e. The van der Waals surface area contributed by atoms with Crippen molar-refractivity contribution in [1.29, 1.82) is 0 Å². The van der Waals surface area contributed by atoms with Crippen molar-refractivity contribution >= 4 is 39.0 Å². The normalized spacial score (nSPS) is 15.8. The summed E-state index contributed by atoms with van der Waals surface area (Å²) >= 11 is 0. The maximum atomic E-state index is 11.6. The highest BCUT2D eigenvalue weighted by atomic mass is 32.3. The van der Waals surface area contributed by atoms with Crippen LogP contribution in [0.3, 0.4) is 0 Å². The van der Waals surface area contributed by atoms with Crippen LogP contribution in [0.25, 0.3) is 0 Å². The molecule has 6 nitrogen and oxygen atoms in total. The molecule has 0 heterocycles. The molecule has 0 aromatic heterocycles. The topological polar surface area (TPSA) is 102 Å². The molecule has 0 saturated carbocycles. The van der Waals surface area contributed by atoms with Crippen LogP contribution in [-0.2, 0) is 29.5 Å². The summed E-state index contributed by atoms with van der Waals surface area (Å²) in [6, 6.07) is 0.271. The Morgan fingerprint density at radius 1 is 0.812 bits per heavy atom. The van der Waals surface area contributed by atoms with Gasteiger partial charge in [0.25, 0.3) is 0 Å². The summed E-state index contributed by atoms with van der Waals surface area (Å²) in [5.41, 5.74) is 0. The lowest BCUT2D eigenvalue weighted by Gasteiger charge is -2.27. The molecule has 0 aromatic rings. The summed E-state index contributed by atoms with van der Waals surface area (Å²) in [5.74, 6) is 0. The van der Waals surface area contributed by atoms with E-state index in [-0.39, 0.29) is 6.04 Å². The second kappa shape index (κ2) is 4.39. The molecule has 0 rings (SSSR count). The lowest BCUT2D eigenvalue weighted by Crippen LogP contribution is -2.56. The second-order valence-electron chi connectivity index (χ2n) is 3.75. The van der Waals surface area contributed by atoms with Crippen LogP contribution in [0.4, 0.5) is 0 Å². The van der Waals surface area contributed by atoms with Crippen LogP contribution in [0.1, 0.15) is 6.92 Å². The van der Waals surface area contributed by atoms with Crippen molar-refractivity contribution in [2.75, 3.05) is 18.8 Å². The third-order valence-corrected chi connectivity index (χ3v) is 18.8. The highest BCUT2D eigenvalue weighted by molar-refractivity contribution is 8.27. The standard InChI is InChI=1S/C6H16O6S3Si/c1-5-16-6(13(2,7)8,14(3,9)10)15(4,11)12/h5,16H2,1-4H3. The van der Waals surface area contributed by atoms with E-state index in [1.807, 2.05) is 0 Å². The Hall–Kier alpha value is 0.0669. The summed E-state index contributed by atoms with van der Waals surface area (Å²) < 4.78 is 67.1. The molecule has 0 amide bonds. The van der Waals surface area contributed by atoms with E-state index in [0.29, 0.717) is 18.8 Å². The van der Waals surface area contributed by atoms with E-state index in [2.05, 4.69) is 0 Å². The van der Waals surface area contributed by atoms with Crippen molar-refractivity contribution in [2.45, 2.75) is 16.0 Å². The first-order valence-electron chi connectivity index (χ1n) is 4.40. The van der Waals surface area contributed by atoms with Crippen LogP contribution in [0.15, 0.2) is 0 Å². The van der Waals surface area contributed by atoms with Crippen LogP contribution < -0.4 is 0 Å². The molecular weight excluding hydrogens is 292 g/mol. The summed E-state index contributed by atoms with van der Waals surface area (Å²) in [7, 11) is -14.5. The summed E-state index contributed by atoms with van der Waals surface area (Å²) in [6.07, 6.45) is 1.99. The number of hydrogen-bond acceptors (Lipinski definition) is 6. The zero-order valence-corrected chi connectivity index (χ0v) is 13.5. The van der Waals surface area contributed by atoms with Crippen molar-refractivity contribution in [3.05, 3.63) is 0 Å². The predicted octanol–water partition coefficient (Wildman–Crippen LogP) is -1.66. The first-order chi connectivity index (χ1) is 6.81. The van der Waals surface area contributed by atoms with Gasteiger partial charge >= 0.3 is 0 Å². The molecule has 0 atom stereocenters. The third kappa shape index (κ3) is 2.49. The molecule has 16 heavy (non-hydrogen) atoms. The number of hydrogen-bond donors (Lipinski definition) is 0. The Balaban J connectivity index is 6.53. The Bertz CT molecular complexity index is 477. The fraction of sp³-hybridized carbons (Fsp3) is 1.00. The molecule has 0 spiro atoms. The predicted molar refractivity (Wildman–Crippen MR) is 66.3 cm³/mol. The Morgan fingerprint density at radius 3 is 1.12 bits per heavy atom. The van der Waals surface area contributed by atoms with Gasteiger partial charge in [-0.25, -0.2) is 25.3 Å². The fourth-order valence-corrected chi connectivity index (χ4v) is 15.2. The average Bonchev–Trinajstić information content (AvgIpc) is 1.91. The third-order valence-electron chi connectivity index (χ3n) is 2.25. The Labute approximate surface area is 99.0 Å². The summed E-state index contributed by atoms with van der Waals surface area (Å²) in [5, 5.41) is 0. The van der Waals surface area contributed by atoms with Gasteiger partial charge in [0.1, 0.15) is 0 Å². The van der Waals surface area contributed by atoms with Crippen molar-refractivity contribution in [1.82, 2.24) is 0 Å². The maximum absolute atomic E-state index is 11.6. The van der Waals surface area contributed by atoms with Crippen molar-refractivity contribution in [2.24, 2.45) is 0 Å². The van der Waals surface area contributed by atoms with Gasteiger partial charge in [-0.15, -0.1) is 0 Å². The van der Waals surface area contributed by atoms with Gasteiger partial charge in [0.15, 0.2) is 29.5 Å². The van der Waals surface area contributed by atoms with E-state index < -0.39 is 42.1 Å². The highest BCUT2D eigenvalue weighted by Gasteiger charge is 2.58. The highest BCUT2D eigenvalue weighted by Crippen LogP contribution is 2.29.